The van der Waals surface area contributed by atoms with Crippen LogP contribution < -0.4 is 10.2 Å². The molecule has 10 heteroatoms. The highest BCUT2D eigenvalue weighted by Crippen LogP contribution is 2.31. The molecule has 0 aliphatic carbocycles. The van der Waals surface area contributed by atoms with Crippen LogP contribution in [0.5, 0.6) is 0 Å². The second-order valence-electron chi connectivity index (χ2n) is 6.53. The fourth-order valence-electron chi connectivity index (χ4n) is 3.23. The monoisotopic (exact) mass is 388 g/mol. The molecular weight excluding hydrogens is 368 g/mol. The van der Waals surface area contributed by atoms with Gasteiger partial charge in [0.1, 0.15) is 6.54 Å². The van der Waals surface area contributed by atoms with Gasteiger partial charge in [0.05, 0.1) is 29.3 Å². The van der Waals surface area contributed by atoms with Crippen LogP contribution in [0.25, 0.3) is 0 Å². The van der Waals surface area contributed by atoms with E-state index in [0.29, 0.717) is 23.1 Å². The minimum absolute atomic E-state index is 0.00159. The number of tetrazole rings is 1. The van der Waals surface area contributed by atoms with Gasteiger partial charge < -0.3 is 10.1 Å². The molecule has 4 rings (SSSR count). The number of amides is 2. The molecule has 3 heterocycles. The van der Waals surface area contributed by atoms with Gasteiger partial charge in [0.2, 0.25) is 17.0 Å². The van der Waals surface area contributed by atoms with Crippen molar-refractivity contribution < 1.29 is 14.3 Å². The number of thioether (sulfide) groups is 1. The Morgan fingerprint density at radius 3 is 3.11 bits per heavy atom. The summed E-state index contributed by atoms with van der Waals surface area (Å²) in [5.74, 6) is -0.364. The lowest BCUT2D eigenvalue weighted by atomic mass is 10.2. The number of rotatable bonds is 5. The van der Waals surface area contributed by atoms with Crippen molar-refractivity contribution in [2.75, 3.05) is 23.4 Å². The van der Waals surface area contributed by atoms with Gasteiger partial charge in [-0.1, -0.05) is 23.9 Å². The molecule has 1 aromatic heterocycles. The van der Waals surface area contributed by atoms with Gasteiger partial charge in [0.15, 0.2) is 0 Å². The predicted octanol–water partition coefficient (Wildman–Crippen LogP) is 1.32. The number of para-hydroxylation sites is 2. The third kappa shape index (κ3) is 3.81. The van der Waals surface area contributed by atoms with Crippen LogP contribution in [0.2, 0.25) is 0 Å². The first-order valence-corrected chi connectivity index (χ1v) is 9.74. The Bertz CT molecular complexity index is 851. The maximum atomic E-state index is 13.0. The zero-order valence-corrected chi connectivity index (χ0v) is 15.7. The smallest absolute Gasteiger partial charge is 0.244 e. The molecule has 0 bridgehead atoms. The molecule has 2 aliphatic heterocycles. The van der Waals surface area contributed by atoms with Crippen molar-refractivity contribution in [1.82, 2.24) is 20.2 Å². The third-order valence-corrected chi connectivity index (χ3v) is 5.62. The molecule has 1 saturated heterocycles. The minimum atomic E-state index is -0.446. The van der Waals surface area contributed by atoms with Crippen LogP contribution in [0, 0.1) is 0 Å². The van der Waals surface area contributed by atoms with Crippen LogP contribution in [-0.2, 0) is 20.9 Å². The Balaban J connectivity index is 1.47. The maximum absolute atomic E-state index is 13.0. The number of nitrogens with zero attached hydrogens (tertiary/aromatic N) is 5. The summed E-state index contributed by atoms with van der Waals surface area (Å²) in [6.45, 7) is 3.14. The first-order valence-electron chi connectivity index (χ1n) is 8.86. The number of benzene rings is 1. The average Bonchev–Trinajstić information content (AvgIpc) is 3.33. The lowest BCUT2D eigenvalue weighted by Crippen LogP contribution is -2.45. The zero-order chi connectivity index (χ0) is 18.8. The van der Waals surface area contributed by atoms with Gasteiger partial charge >= 0.3 is 0 Å². The molecule has 0 saturated carbocycles. The number of aromatic nitrogens is 4. The van der Waals surface area contributed by atoms with Crippen molar-refractivity contribution in [3.63, 3.8) is 0 Å². The van der Waals surface area contributed by atoms with Crippen molar-refractivity contribution in [3.05, 3.63) is 24.3 Å². The maximum Gasteiger partial charge on any atom is 0.244 e. The SMILES string of the molecule is CC(Sc1nnnn1CC1CCCO1)C(=O)N1CC(=O)Nc2ccccc21. The number of ether oxygens (including phenoxy) is 1. The standard InChI is InChI=1S/C17H20N6O3S/c1-11(27-17-19-20-21-23(17)9-12-5-4-8-26-12)16(25)22-10-15(24)18-13-6-2-3-7-14(13)22/h2-3,6-7,11-12H,4-5,8-10H2,1H3,(H,18,24). The molecule has 1 N–H and O–H groups in total. The van der Waals surface area contributed by atoms with E-state index in [2.05, 4.69) is 20.8 Å². The highest BCUT2D eigenvalue weighted by Gasteiger charge is 2.31. The van der Waals surface area contributed by atoms with Crippen LogP contribution in [0.15, 0.2) is 29.4 Å². The summed E-state index contributed by atoms with van der Waals surface area (Å²) in [5, 5.41) is 14.7. The minimum Gasteiger partial charge on any atom is -0.376 e. The average molecular weight is 388 g/mol. The van der Waals surface area contributed by atoms with Crippen LogP contribution >= 0.6 is 11.8 Å². The number of hydrogen-bond acceptors (Lipinski definition) is 7. The van der Waals surface area contributed by atoms with Gasteiger partial charge in [0.25, 0.3) is 0 Å². The van der Waals surface area contributed by atoms with Gasteiger partial charge in [-0.25, -0.2) is 4.68 Å². The third-order valence-electron chi connectivity index (χ3n) is 4.57. The van der Waals surface area contributed by atoms with E-state index in [0.717, 1.165) is 19.4 Å². The second kappa shape index (κ2) is 7.65. The highest BCUT2D eigenvalue weighted by molar-refractivity contribution is 8.00. The Kier molecular flexibility index (Phi) is 5.08. The molecule has 27 heavy (non-hydrogen) atoms. The summed E-state index contributed by atoms with van der Waals surface area (Å²) in [6, 6.07) is 7.28. The Morgan fingerprint density at radius 1 is 1.44 bits per heavy atom. The summed E-state index contributed by atoms with van der Waals surface area (Å²) in [6.07, 6.45) is 2.13. The number of carbonyl (C=O) groups is 2. The number of hydrogen-bond donors (Lipinski definition) is 1. The van der Waals surface area contributed by atoms with Crippen LogP contribution in [0.4, 0.5) is 11.4 Å². The molecule has 2 atom stereocenters. The van der Waals surface area contributed by atoms with Gasteiger partial charge in [0, 0.05) is 6.61 Å². The Morgan fingerprint density at radius 2 is 2.30 bits per heavy atom. The normalized spacial score (nSPS) is 20.3. The Labute approximate surface area is 160 Å². The summed E-state index contributed by atoms with van der Waals surface area (Å²) in [4.78, 5) is 26.5. The van der Waals surface area contributed by atoms with E-state index in [-0.39, 0.29) is 24.5 Å². The predicted molar refractivity (Wildman–Crippen MR) is 99.5 cm³/mol. The van der Waals surface area contributed by atoms with Gasteiger partial charge in [-0.2, -0.15) is 0 Å². The van der Waals surface area contributed by atoms with Crippen molar-refractivity contribution in [2.45, 2.75) is 42.8 Å². The fourth-order valence-corrected chi connectivity index (χ4v) is 4.10. The molecular formula is C17H20N6O3S. The van der Waals surface area contributed by atoms with E-state index >= 15 is 0 Å². The van der Waals surface area contributed by atoms with E-state index in [1.165, 1.54) is 16.7 Å². The first kappa shape index (κ1) is 17.9. The molecule has 1 aromatic carbocycles. The number of nitrogens with one attached hydrogen (secondary N) is 1. The molecule has 2 aliphatic rings. The molecule has 2 unspecified atom stereocenters. The van der Waals surface area contributed by atoms with E-state index in [1.807, 2.05) is 18.2 Å². The lowest BCUT2D eigenvalue weighted by molar-refractivity contribution is -0.121. The number of carbonyl (C=O) groups excluding carboxylic acids is 2. The topological polar surface area (TPSA) is 102 Å². The van der Waals surface area contributed by atoms with E-state index in [1.54, 1.807) is 17.7 Å². The molecule has 142 valence electrons. The largest absolute Gasteiger partial charge is 0.376 e. The first-order chi connectivity index (χ1) is 13.1. The van der Waals surface area contributed by atoms with Gasteiger partial charge in [-0.15, -0.1) is 5.10 Å². The van der Waals surface area contributed by atoms with Gasteiger partial charge in [-0.05, 0) is 42.3 Å². The van der Waals surface area contributed by atoms with E-state index < -0.39 is 5.25 Å². The van der Waals surface area contributed by atoms with Crippen molar-refractivity contribution in [1.29, 1.82) is 0 Å². The van der Waals surface area contributed by atoms with Crippen molar-refractivity contribution in [3.8, 4) is 0 Å². The quantitative estimate of drug-likeness (QED) is 0.771. The Hall–Kier alpha value is -2.46. The van der Waals surface area contributed by atoms with Crippen LogP contribution in [0.3, 0.4) is 0 Å². The number of fused-ring (bicyclic) bond motifs is 1. The summed E-state index contributed by atoms with van der Waals surface area (Å²) >= 11 is 1.29. The molecule has 0 radical (unpaired) electrons. The van der Waals surface area contributed by atoms with Crippen LogP contribution in [0.1, 0.15) is 19.8 Å². The second-order valence-corrected chi connectivity index (χ2v) is 7.84. The fraction of sp³-hybridized carbons (Fsp3) is 0.471. The van der Waals surface area contributed by atoms with Crippen LogP contribution in [-0.4, -0.2) is 56.5 Å². The molecule has 1 fully saturated rings. The summed E-state index contributed by atoms with van der Waals surface area (Å²) in [5.41, 5.74) is 1.34. The molecule has 9 nitrogen and oxygen atoms in total. The van der Waals surface area contributed by atoms with Crippen molar-refractivity contribution in [2.24, 2.45) is 0 Å². The number of anilines is 2. The summed E-state index contributed by atoms with van der Waals surface area (Å²) < 4.78 is 7.32. The molecule has 2 amide bonds. The lowest BCUT2D eigenvalue weighted by Gasteiger charge is -2.30. The zero-order valence-electron chi connectivity index (χ0n) is 14.9. The van der Waals surface area contributed by atoms with E-state index in [9.17, 15) is 9.59 Å². The van der Waals surface area contributed by atoms with E-state index in [4.69, 9.17) is 4.74 Å². The highest BCUT2D eigenvalue weighted by atomic mass is 32.2. The molecule has 0 spiro atoms. The van der Waals surface area contributed by atoms with Gasteiger partial charge in [-0.3, -0.25) is 14.5 Å². The van der Waals surface area contributed by atoms with Crippen molar-refractivity contribution >= 4 is 35.0 Å². The summed E-state index contributed by atoms with van der Waals surface area (Å²) in [7, 11) is 0. The molecule has 2 aromatic rings.